The van der Waals surface area contributed by atoms with Gasteiger partial charge in [0.15, 0.2) is 0 Å². The minimum Gasteiger partial charge on any atom is -0.326 e. The molecule has 2 N–H and O–H groups in total. The van der Waals surface area contributed by atoms with Crippen molar-refractivity contribution in [3.63, 3.8) is 0 Å². The topological polar surface area (TPSA) is 38.9 Å². The fourth-order valence-corrected chi connectivity index (χ4v) is 2.90. The quantitative estimate of drug-likeness (QED) is 0.921. The molecule has 5 heteroatoms. The van der Waals surface area contributed by atoms with Gasteiger partial charge in [0, 0.05) is 17.6 Å². The van der Waals surface area contributed by atoms with Crippen LogP contribution in [0.1, 0.15) is 5.56 Å². The Morgan fingerprint density at radius 2 is 2.18 bits per heavy atom. The van der Waals surface area contributed by atoms with Crippen LogP contribution in [0.15, 0.2) is 50.9 Å². The summed E-state index contributed by atoms with van der Waals surface area (Å²) in [6.45, 7) is 0.498. The van der Waals surface area contributed by atoms with Gasteiger partial charge in [-0.1, -0.05) is 29.4 Å². The van der Waals surface area contributed by atoms with Gasteiger partial charge in [-0.15, -0.1) is 0 Å². The third kappa shape index (κ3) is 3.22. The molecule has 2 nitrogen and oxygen atoms in total. The molecular weight excluding hydrogens is 320 g/mol. The van der Waals surface area contributed by atoms with E-state index in [1.807, 2.05) is 30.3 Å². The molecule has 0 amide bonds. The van der Waals surface area contributed by atoms with Crippen molar-refractivity contribution in [1.29, 1.82) is 0 Å². The highest BCUT2D eigenvalue weighted by molar-refractivity contribution is 9.10. The molecule has 0 aliphatic carbocycles. The Kier molecular flexibility index (Phi) is 4.45. The standard InChI is InChI=1S/C12H10BrClN2S/c13-9-2-1-5-16-12(9)17-11-4-3-8(7-15)6-10(11)14/h1-6H,7,15H2. The molecule has 88 valence electrons. The van der Waals surface area contributed by atoms with Crippen molar-refractivity contribution in [2.45, 2.75) is 16.5 Å². The van der Waals surface area contributed by atoms with E-state index in [0.29, 0.717) is 11.6 Å². The molecule has 0 radical (unpaired) electrons. The zero-order chi connectivity index (χ0) is 12.3. The number of hydrogen-bond acceptors (Lipinski definition) is 3. The molecule has 1 heterocycles. The predicted molar refractivity (Wildman–Crippen MR) is 75.4 cm³/mol. The maximum atomic E-state index is 6.19. The van der Waals surface area contributed by atoms with E-state index in [0.717, 1.165) is 20.0 Å². The molecule has 0 aliphatic rings. The lowest BCUT2D eigenvalue weighted by Gasteiger charge is -2.06. The molecule has 0 bridgehead atoms. The smallest absolute Gasteiger partial charge is 0.115 e. The fourth-order valence-electron chi connectivity index (χ4n) is 1.30. The summed E-state index contributed by atoms with van der Waals surface area (Å²) < 4.78 is 0.962. The number of nitrogens with two attached hydrogens (primary N) is 1. The van der Waals surface area contributed by atoms with Gasteiger partial charge in [-0.3, -0.25) is 0 Å². The highest BCUT2D eigenvalue weighted by Gasteiger charge is 2.07. The normalized spacial score (nSPS) is 10.5. The molecular formula is C12H10BrClN2S. The van der Waals surface area contributed by atoms with Gasteiger partial charge >= 0.3 is 0 Å². The zero-order valence-corrected chi connectivity index (χ0v) is 12.0. The molecule has 0 atom stereocenters. The minimum atomic E-state index is 0.498. The lowest BCUT2D eigenvalue weighted by Crippen LogP contribution is -1.95. The molecule has 1 aromatic heterocycles. The summed E-state index contributed by atoms with van der Waals surface area (Å²) in [6.07, 6.45) is 1.76. The largest absolute Gasteiger partial charge is 0.326 e. The van der Waals surface area contributed by atoms with E-state index >= 15 is 0 Å². The van der Waals surface area contributed by atoms with Crippen LogP contribution in [0.2, 0.25) is 5.02 Å². The Bertz CT molecular complexity index is 534. The Balaban J connectivity index is 2.28. The first kappa shape index (κ1) is 12.9. The van der Waals surface area contributed by atoms with Crippen LogP contribution in [-0.4, -0.2) is 4.98 Å². The molecule has 2 aromatic rings. The second kappa shape index (κ2) is 5.87. The van der Waals surface area contributed by atoms with E-state index in [4.69, 9.17) is 17.3 Å². The average molecular weight is 330 g/mol. The zero-order valence-electron chi connectivity index (χ0n) is 8.86. The van der Waals surface area contributed by atoms with Crippen LogP contribution in [0.25, 0.3) is 0 Å². The van der Waals surface area contributed by atoms with Gasteiger partial charge in [0.25, 0.3) is 0 Å². The SMILES string of the molecule is NCc1ccc(Sc2ncccc2Br)c(Cl)c1. The summed E-state index contributed by atoms with van der Waals surface area (Å²) in [7, 11) is 0. The maximum Gasteiger partial charge on any atom is 0.115 e. The van der Waals surface area contributed by atoms with Gasteiger partial charge in [0.1, 0.15) is 5.03 Å². The molecule has 0 aliphatic heterocycles. The summed E-state index contributed by atoms with van der Waals surface area (Å²) in [5.41, 5.74) is 6.59. The Morgan fingerprint density at radius 3 is 2.82 bits per heavy atom. The molecule has 0 fully saturated rings. The molecule has 2 rings (SSSR count). The summed E-state index contributed by atoms with van der Waals surface area (Å²) >= 11 is 11.2. The monoisotopic (exact) mass is 328 g/mol. The number of nitrogens with zero attached hydrogens (tertiary/aromatic N) is 1. The minimum absolute atomic E-state index is 0.498. The van der Waals surface area contributed by atoms with Crippen molar-refractivity contribution in [3.8, 4) is 0 Å². The van der Waals surface area contributed by atoms with Crippen LogP contribution in [0.3, 0.4) is 0 Å². The molecule has 17 heavy (non-hydrogen) atoms. The Hall–Kier alpha value is -0.550. The molecule has 1 aromatic carbocycles. The molecule has 0 spiro atoms. The first-order chi connectivity index (χ1) is 8.20. The van der Waals surface area contributed by atoms with Crippen molar-refractivity contribution in [1.82, 2.24) is 4.98 Å². The molecule has 0 saturated carbocycles. The maximum absolute atomic E-state index is 6.19. The highest BCUT2D eigenvalue weighted by Crippen LogP contribution is 2.35. The van der Waals surface area contributed by atoms with E-state index in [2.05, 4.69) is 20.9 Å². The van der Waals surface area contributed by atoms with Gasteiger partial charge in [-0.05, 0) is 45.8 Å². The van der Waals surface area contributed by atoms with Crippen LogP contribution in [0, 0.1) is 0 Å². The van der Waals surface area contributed by atoms with Crippen LogP contribution in [0.4, 0.5) is 0 Å². The second-order valence-corrected chi connectivity index (χ2v) is 5.65. The van der Waals surface area contributed by atoms with Crippen molar-refractivity contribution in [3.05, 3.63) is 51.6 Å². The van der Waals surface area contributed by atoms with Crippen LogP contribution >= 0.6 is 39.3 Å². The summed E-state index contributed by atoms with van der Waals surface area (Å²) in [5.74, 6) is 0. The predicted octanol–water partition coefficient (Wildman–Crippen LogP) is 4.11. The van der Waals surface area contributed by atoms with Crippen molar-refractivity contribution < 1.29 is 0 Å². The van der Waals surface area contributed by atoms with E-state index < -0.39 is 0 Å². The van der Waals surface area contributed by atoms with Crippen molar-refractivity contribution >= 4 is 39.3 Å². The summed E-state index contributed by atoms with van der Waals surface area (Å²) in [6, 6.07) is 9.67. The first-order valence-electron chi connectivity index (χ1n) is 4.97. The number of halogens is 2. The third-order valence-corrected chi connectivity index (χ3v) is 4.59. The summed E-state index contributed by atoms with van der Waals surface area (Å²) in [5, 5.41) is 1.60. The lowest BCUT2D eigenvalue weighted by atomic mass is 10.2. The van der Waals surface area contributed by atoms with Crippen LogP contribution in [0.5, 0.6) is 0 Å². The summed E-state index contributed by atoms with van der Waals surface area (Å²) in [4.78, 5) is 5.27. The van der Waals surface area contributed by atoms with E-state index in [9.17, 15) is 0 Å². The number of rotatable bonds is 3. The third-order valence-electron chi connectivity index (χ3n) is 2.16. The van der Waals surface area contributed by atoms with Gasteiger partial charge in [0.2, 0.25) is 0 Å². The number of benzene rings is 1. The second-order valence-electron chi connectivity index (χ2n) is 3.36. The molecule has 0 saturated heterocycles. The number of hydrogen-bond donors (Lipinski definition) is 1. The van der Waals surface area contributed by atoms with Gasteiger partial charge in [-0.2, -0.15) is 0 Å². The van der Waals surface area contributed by atoms with Crippen LogP contribution < -0.4 is 5.73 Å². The molecule has 0 unspecified atom stereocenters. The Morgan fingerprint density at radius 1 is 1.35 bits per heavy atom. The van der Waals surface area contributed by atoms with Crippen molar-refractivity contribution in [2.24, 2.45) is 5.73 Å². The number of pyridine rings is 1. The fraction of sp³-hybridized carbons (Fsp3) is 0.0833. The van der Waals surface area contributed by atoms with Gasteiger partial charge in [0.05, 0.1) is 9.50 Å². The highest BCUT2D eigenvalue weighted by atomic mass is 79.9. The van der Waals surface area contributed by atoms with Crippen LogP contribution in [-0.2, 0) is 6.54 Å². The Labute approximate surface area is 118 Å². The van der Waals surface area contributed by atoms with E-state index in [1.54, 1.807) is 6.20 Å². The first-order valence-corrected chi connectivity index (χ1v) is 6.96. The van der Waals surface area contributed by atoms with E-state index in [1.165, 1.54) is 11.8 Å². The van der Waals surface area contributed by atoms with Crippen molar-refractivity contribution in [2.75, 3.05) is 0 Å². The van der Waals surface area contributed by atoms with Gasteiger partial charge < -0.3 is 5.73 Å². The lowest BCUT2D eigenvalue weighted by molar-refractivity contribution is 1.06. The van der Waals surface area contributed by atoms with Gasteiger partial charge in [-0.25, -0.2) is 4.98 Å². The van der Waals surface area contributed by atoms with E-state index in [-0.39, 0.29) is 0 Å². The number of aromatic nitrogens is 1. The average Bonchev–Trinajstić information content (AvgIpc) is 2.34.